The van der Waals surface area contributed by atoms with Crippen LogP contribution in [0.15, 0.2) is 42.5 Å². The van der Waals surface area contributed by atoms with E-state index in [4.69, 9.17) is 4.74 Å². The van der Waals surface area contributed by atoms with Crippen LogP contribution in [0, 0.1) is 16.4 Å². The number of fused-ring (bicyclic) bond motifs is 1. The average Bonchev–Trinajstić information content (AvgIpc) is 2.44. The van der Waals surface area contributed by atoms with Crippen LogP contribution in [0.1, 0.15) is 24.1 Å². The van der Waals surface area contributed by atoms with Gasteiger partial charge in [0, 0.05) is 20.7 Å². The van der Waals surface area contributed by atoms with Gasteiger partial charge in [-0.3, -0.25) is 0 Å². The largest absolute Gasteiger partial charge is 0.493 e. The number of rotatable bonds is 2. The lowest BCUT2D eigenvalue weighted by Crippen LogP contribution is -2.29. The third kappa shape index (κ3) is 2.64. The molecule has 1 aliphatic heterocycles. The molecule has 20 heavy (non-hydrogen) atoms. The highest BCUT2D eigenvalue weighted by molar-refractivity contribution is 14.1. The molecule has 0 spiro atoms. The van der Waals surface area contributed by atoms with E-state index in [0.717, 1.165) is 12.4 Å². The Bertz CT molecular complexity index is 626. The van der Waals surface area contributed by atoms with Gasteiger partial charge in [0.25, 0.3) is 0 Å². The molecule has 1 N–H and O–H groups in total. The van der Waals surface area contributed by atoms with Crippen molar-refractivity contribution in [1.29, 1.82) is 0 Å². The van der Waals surface area contributed by atoms with Crippen molar-refractivity contribution < 1.29 is 4.74 Å². The summed E-state index contributed by atoms with van der Waals surface area (Å²) >= 11 is 2.35. The molecular weight excluding hydrogens is 361 g/mol. The van der Waals surface area contributed by atoms with Gasteiger partial charge in [-0.1, -0.05) is 25.1 Å². The van der Waals surface area contributed by atoms with Gasteiger partial charge >= 0.3 is 0 Å². The number of nitrogens with one attached hydrogen (secondary N) is 1. The molecule has 0 fully saturated rings. The van der Waals surface area contributed by atoms with Crippen molar-refractivity contribution in [3.63, 3.8) is 0 Å². The van der Waals surface area contributed by atoms with Crippen molar-refractivity contribution in [3.8, 4) is 5.75 Å². The minimum absolute atomic E-state index is 0.304. The maximum absolute atomic E-state index is 5.81. The maximum Gasteiger partial charge on any atom is 0.124 e. The number of ether oxygens (including phenoxy) is 1. The van der Waals surface area contributed by atoms with Crippen LogP contribution >= 0.6 is 22.6 Å². The third-order valence-corrected chi connectivity index (χ3v) is 4.50. The van der Waals surface area contributed by atoms with E-state index in [9.17, 15) is 0 Å². The molecule has 3 rings (SSSR count). The highest BCUT2D eigenvalue weighted by Gasteiger charge is 2.27. The Balaban J connectivity index is 1.93. The van der Waals surface area contributed by atoms with Gasteiger partial charge in [0.15, 0.2) is 0 Å². The molecule has 0 aliphatic carbocycles. The van der Waals surface area contributed by atoms with Gasteiger partial charge in [-0.2, -0.15) is 0 Å². The van der Waals surface area contributed by atoms with E-state index in [-0.39, 0.29) is 0 Å². The molecule has 2 aromatic rings. The second kappa shape index (κ2) is 5.64. The summed E-state index contributed by atoms with van der Waals surface area (Å²) in [5, 5.41) is 3.70. The minimum Gasteiger partial charge on any atom is -0.493 e. The fourth-order valence-electron chi connectivity index (χ4n) is 2.67. The van der Waals surface area contributed by atoms with Crippen molar-refractivity contribution >= 4 is 28.3 Å². The highest BCUT2D eigenvalue weighted by atomic mass is 127. The number of hydrogen-bond acceptors (Lipinski definition) is 2. The molecule has 0 saturated heterocycles. The zero-order valence-electron chi connectivity index (χ0n) is 11.7. The van der Waals surface area contributed by atoms with Crippen molar-refractivity contribution in [2.75, 3.05) is 11.9 Å². The fourth-order valence-corrected chi connectivity index (χ4v) is 3.32. The van der Waals surface area contributed by atoms with Gasteiger partial charge in [0.2, 0.25) is 0 Å². The van der Waals surface area contributed by atoms with E-state index >= 15 is 0 Å². The molecule has 1 heterocycles. The summed E-state index contributed by atoms with van der Waals surface area (Å²) in [6, 6.07) is 15.1. The van der Waals surface area contributed by atoms with Gasteiger partial charge in [0.1, 0.15) is 5.75 Å². The smallest absolute Gasteiger partial charge is 0.124 e. The monoisotopic (exact) mass is 379 g/mol. The van der Waals surface area contributed by atoms with Crippen LogP contribution in [0.2, 0.25) is 0 Å². The molecule has 2 unspecified atom stereocenters. The lowest BCUT2D eigenvalue weighted by atomic mass is 9.91. The van der Waals surface area contributed by atoms with E-state index in [2.05, 4.69) is 78.2 Å². The van der Waals surface area contributed by atoms with Gasteiger partial charge < -0.3 is 10.1 Å². The van der Waals surface area contributed by atoms with Crippen molar-refractivity contribution in [3.05, 3.63) is 57.2 Å². The Kier molecular flexibility index (Phi) is 3.87. The number of benzene rings is 2. The van der Waals surface area contributed by atoms with Gasteiger partial charge in [-0.05, 0) is 59.3 Å². The highest BCUT2D eigenvalue weighted by Crippen LogP contribution is 2.37. The first-order chi connectivity index (χ1) is 9.65. The minimum atomic E-state index is 0.304. The van der Waals surface area contributed by atoms with Gasteiger partial charge in [-0.15, -0.1) is 0 Å². The standard InChI is InChI=1S/C17H18INO/c1-11-9-13(18)7-8-15(11)19-17-12(2)10-20-16-6-4-3-5-14(16)17/h3-9,12,17,19H,10H2,1-2H3. The summed E-state index contributed by atoms with van der Waals surface area (Å²) in [6.07, 6.45) is 0. The van der Waals surface area contributed by atoms with E-state index < -0.39 is 0 Å². The summed E-state index contributed by atoms with van der Waals surface area (Å²) in [7, 11) is 0. The maximum atomic E-state index is 5.81. The quantitative estimate of drug-likeness (QED) is 0.759. The Labute approximate surface area is 133 Å². The average molecular weight is 379 g/mol. The lowest BCUT2D eigenvalue weighted by Gasteiger charge is -2.33. The van der Waals surface area contributed by atoms with Gasteiger partial charge in [-0.25, -0.2) is 0 Å². The normalized spacial score (nSPS) is 20.9. The molecule has 0 bridgehead atoms. The third-order valence-electron chi connectivity index (χ3n) is 3.82. The summed E-state index contributed by atoms with van der Waals surface area (Å²) < 4.78 is 7.08. The predicted molar refractivity (Wildman–Crippen MR) is 91.4 cm³/mol. The van der Waals surface area contributed by atoms with E-state index in [1.165, 1.54) is 20.4 Å². The van der Waals surface area contributed by atoms with Crippen LogP contribution < -0.4 is 10.1 Å². The number of halogens is 1. The van der Waals surface area contributed by atoms with Crippen molar-refractivity contribution in [2.45, 2.75) is 19.9 Å². The SMILES string of the molecule is Cc1cc(I)ccc1NC1c2ccccc2OCC1C. The zero-order valence-corrected chi connectivity index (χ0v) is 13.8. The summed E-state index contributed by atoms with van der Waals surface area (Å²) in [5.41, 5.74) is 3.75. The van der Waals surface area contributed by atoms with Crippen LogP contribution in [0.3, 0.4) is 0 Å². The first-order valence-corrected chi connectivity index (χ1v) is 7.97. The summed E-state index contributed by atoms with van der Waals surface area (Å²) in [4.78, 5) is 0. The Morgan fingerprint density at radius 2 is 2.00 bits per heavy atom. The molecule has 0 saturated carbocycles. The summed E-state index contributed by atoms with van der Waals surface area (Å²) in [6.45, 7) is 5.15. The van der Waals surface area contributed by atoms with E-state index in [1.54, 1.807) is 0 Å². The first kappa shape index (κ1) is 13.7. The topological polar surface area (TPSA) is 21.3 Å². The zero-order chi connectivity index (χ0) is 14.1. The second-order valence-corrected chi connectivity index (χ2v) is 6.65. The number of anilines is 1. The summed E-state index contributed by atoms with van der Waals surface area (Å²) in [5.74, 6) is 1.45. The molecule has 2 atom stereocenters. The van der Waals surface area contributed by atoms with E-state index in [1.807, 2.05) is 6.07 Å². The number of aryl methyl sites for hydroxylation is 1. The van der Waals surface area contributed by atoms with Crippen LogP contribution in [-0.2, 0) is 0 Å². The molecule has 3 heteroatoms. The number of hydrogen-bond donors (Lipinski definition) is 1. The Hall–Kier alpha value is -1.23. The molecule has 104 valence electrons. The van der Waals surface area contributed by atoms with Crippen LogP contribution in [-0.4, -0.2) is 6.61 Å². The lowest BCUT2D eigenvalue weighted by molar-refractivity contribution is 0.214. The molecule has 2 nitrogen and oxygen atoms in total. The molecule has 0 radical (unpaired) electrons. The Morgan fingerprint density at radius 1 is 1.20 bits per heavy atom. The van der Waals surface area contributed by atoms with Crippen LogP contribution in [0.5, 0.6) is 5.75 Å². The second-order valence-electron chi connectivity index (χ2n) is 5.41. The molecule has 0 aromatic heterocycles. The molecular formula is C17H18INO. The molecule has 2 aromatic carbocycles. The van der Waals surface area contributed by atoms with Crippen LogP contribution in [0.4, 0.5) is 5.69 Å². The van der Waals surface area contributed by atoms with Crippen molar-refractivity contribution in [2.24, 2.45) is 5.92 Å². The fraction of sp³-hybridized carbons (Fsp3) is 0.294. The molecule has 1 aliphatic rings. The van der Waals surface area contributed by atoms with Crippen LogP contribution in [0.25, 0.3) is 0 Å². The predicted octanol–water partition coefficient (Wildman–Crippen LogP) is 4.78. The van der Waals surface area contributed by atoms with E-state index in [0.29, 0.717) is 12.0 Å². The van der Waals surface area contributed by atoms with Gasteiger partial charge in [0.05, 0.1) is 12.6 Å². The molecule has 0 amide bonds. The Morgan fingerprint density at radius 3 is 2.80 bits per heavy atom. The first-order valence-electron chi connectivity index (χ1n) is 6.89. The van der Waals surface area contributed by atoms with Crippen molar-refractivity contribution in [1.82, 2.24) is 0 Å². The number of para-hydroxylation sites is 1.